The maximum absolute atomic E-state index is 14.9. The summed E-state index contributed by atoms with van der Waals surface area (Å²) in [4.78, 5) is 6.87. The Morgan fingerprint density at radius 2 is 0.848 bits per heavy atom. The van der Waals surface area contributed by atoms with Crippen LogP contribution in [0.15, 0.2) is 16.7 Å². The van der Waals surface area contributed by atoms with Gasteiger partial charge < -0.3 is 0 Å². The lowest BCUT2D eigenvalue weighted by Gasteiger charge is -2.13. The summed E-state index contributed by atoms with van der Waals surface area (Å²) in [6.45, 7) is 7.28. The van der Waals surface area contributed by atoms with Crippen LogP contribution in [0.5, 0.6) is 0 Å². The van der Waals surface area contributed by atoms with Crippen molar-refractivity contribution in [3.8, 4) is 12.1 Å². The largest absolute Gasteiger partial charge is 0.422 e. The smallest absolute Gasteiger partial charge is 0.237 e. The number of hydrogen-bond donors (Lipinski definition) is 0. The summed E-state index contributed by atoms with van der Waals surface area (Å²) in [5, 5.41) is 19.3. The SMILES string of the molecule is [C-]#[N+]/C(=C1/C(=C(\C#N)c2c(F)c(F)c(C(F)(F)F)c(F)c2F)/C1=C(\C#N)c1c(F)c(F)nc(F)c1F)c1c(F)c(F)nc(F)c1F. The first kappa shape index (κ1) is 33.1. The molecule has 0 bridgehead atoms. The van der Waals surface area contributed by atoms with Crippen LogP contribution < -0.4 is 0 Å². The summed E-state index contributed by atoms with van der Waals surface area (Å²) >= 11 is 0. The van der Waals surface area contributed by atoms with E-state index >= 15 is 0 Å². The van der Waals surface area contributed by atoms with Gasteiger partial charge in [-0.1, -0.05) is 0 Å². The minimum atomic E-state index is -6.11. The van der Waals surface area contributed by atoms with Crippen LogP contribution in [0.1, 0.15) is 22.3 Å². The minimum Gasteiger partial charge on any atom is -0.237 e. The molecule has 46 heavy (non-hydrogen) atoms. The van der Waals surface area contributed by atoms with Crippen molar-refractivity contribution in [1.29, 1.82) is 10.5 Å². The van der Waals surface area contributed by atoms with Gasteiger partial charge in [-0.15, -0.1) is 0 Å². The molecular formula is C26F15N5. The van der Waals surface area contributed by atoms with E-state index in [-0.39, 0.29) is 0 Å². The number of alkyl halides is 3. The summed E-state index contributed by atoms with van der Waals surface area (Å²) in [6, 6.07) is 1.70. The number of nitriles is 2. The maximum Gasteiger partial charge on any atom is 0.422 e. The number of aromatic nitrogens is 2. The van der Waals surface area contributed by atoms with Gasteiger partial charge in [-0.3, -0.25) is 0 Å². The van der Waals surface area contributed by atoms with Crippen LogP contribution in [0, 0.1) is 99.6 Å². The summed E-state index contributed by atoms with van der Waals surface area (Å²) < 4.78 is 212. The third kappa shape index (κ3) is 4.86. The van der Waals surface area contributed by atoms with Crippen molar-refractivity contribution >= 4 is 16.8 Å². The molecule has 1 aliphatic carbocycles. The van der Waals surface area contributed by atoms with Crippen LogP contribution in [0.2, 0.25) is 0 Å². The molecule has 0 radical (unpaired) electrons. The topological polar surface area (TPSA) is 77.7 Å². The number of halogens is 15. The van der Waals surface area contributed by atoms with Gasteiger partial charge in [-0.25, -0.2) is 40.0 Å². The predicted octanol–water partition coefficient (Wildman–Crippen LogP) is 7.76. The molecule has 2 heterocycles. The molecule has 0 atom stereocenters. The standard InChI is InChI=1S/C26F15N5/c1-44-21(11-17(31)24(37)46-25(38)18(11)32)10-6(7(10)5(3-43)9-15(29)22(35)45-23(36)16(9)30)4(2-42)8-13(27)19(33)12(26(39,40)41)20(34)14(8)28/b6-4+,7-5-,21-10-. The maximum atomic E-state index is 14.9. The lowest BCUT2D eigenvalue weighted by Crippen LogP contribution is -2.17. The van der Waals surface area contributed by atoms with Crippen LogP contribution in [0.4, 0.5) is 65.9 Å². The second-order valence-corrected chi connectivity index (χ2v) is 8.46. The van der Waals surface area contributed by atoms with Crippen LogP contribution in [0.3, 0.4) is 0 Å². The first-order valence-corrected chi connectivity index (χ1v) is 11.1. The van der Waals surface area contributed by atoms with Crippen LogP contribution in [-0.2, 0) is 6.18 Å². The average Bonchev–Trinajstić information content (AvgIpc) is 3.69. The van der Waals surface area contributed by atoms with Crippen LogP contribution in [0.25, 0.3) is 21.7 Å². The summed E-state index contributed by atoms with van der Waals surface area (Å²) in [7, 11) is 0. The highest BCUT2D eigenvalue weighted by molar-refractivity contribution is 6.11. The van der Waals surface area contributed by atoms with Crippen molar-refractivity contribution in [3.63, 3.8) is 0 Å². The normalized spacial score (nSPS) is 16.0. The van der Waals surface area contributed by atoms with Gasteiger partial charge in [0.05, 0.1) is 34.4 Å². The molecule has 0 saturated heterocycles. The monoisotopic (exact) mass is 667 g/mol. The minimum absolute atomic E-state index is 0.808. The molecule has 234 valence electrons. The van der Waals surface area contributed by atoms with Crippen molar-refractivity contribution in [2.45, 2.75) is 6.18 Å². The lowest BCUT2D eigenvalue weighted by molar-refractivity contribution is -0.143. The van der Waals surface area contributed by atoms with E-state index in [1.165, 1.54) is 0 Å². The second-order valence-electron chi connectivity index (χ2n) is 8.46. The summed E-state index contributed by atoms with van der Waals surface area (Å²) in [6.07, 6.45) is -6.11. The van der Waals surface area contributed by atoms with Gasteiger partial charge in [0.2, 0.25) is 5.70 Å². The Labute approximate surface area is 242 Å². The molecule has 3 aromatic rings. The van der Waals surface area contributed by atoms with E-state index in [1.807, 2.05) is 0 Å². The fourth-order valence-corrected chi connectivity index (χ4v) is 4.14. The van der Waals surface area contributed by atoms with E-state index in [1.54, 1.807) is 0 Å². The highest BCUT2D eigenvalue weighted by Gasteiger charge is 2.47. The van der Waals surface area contributed by atoms with E-state index in [0.717, 1.165) is 12.1 Å². The number of pyridine rings is 2. The third-order valence-electron chi connectivity index (χ3n) is 6.04. The van der Waals surface area contributed by atoms with Gasteiger partial charge >= 0.3 is 6.18 Å². The number of nitrogens with zero attached hydrogens (tertiary/aromatic N) is 5. The quantitative estimate of drug-likeness (QED) is 0.0941. The van der Waals surface area contributed by atoms with E-state index in [9.17, 15) is 76.4 Å². The molecule has 20 heteroatoms. The van der Waals surface area contributed by atoms with Crippen LogP contribution >= 0.6 is 0 Å². The van der Waals surface area contributed by atoms with Gasteiger partial charge in [0.15, 0.2) is 46.5 Å². The van der Waals surface area contributed by atoms with Gasteiger partial charge in [-0.2, -0.15) is 51.2 Å². The number of rotatable bonds is 3. The molecule has 0 aliphatic heterocycles. The van der Waals surface area contributed by atoms with Gasteiger partial charge in [-0.05, 0) is 16.7 Å². The Morgan fingerprint density at radius 1 is 0.522 bits per heavy atom. The van der Waals surface area contributed by atoms with Crippen molar-refractivity contribution in [1.82, 2.24) is 9.97 Å². The molecule has 5 nitrogen and oxygen atoms in total. The molecule has 2 aromatic heterocycles. The van der Waals surface area contributed by atoms with E-state index in [2.05, 4.69) is 14.8 Å². The Kier molecular flexibility index (Phi) is 8.09. The number of hydrogen-bond acceptors (Lipinski definition) is 4. The average molecular weight is 667 g/mol. The highest BCUT2D eigenvalue weighted by atomic mass is 19.4. The molecular weight excluding hydrogens is 667 g/mol. The second kappa shape index (κ2) is 11.3. The molecule has 4 rings (SSSR count). The van der Waals surface area contributed by atoms with Gasteiger partial charge in [0.1, 0.15) is 17.7 Å². The zero-order valence-corrected chi connectivity index (χ0v) is 20.9. The number of allylic oxidation sites excluding steroid dienone is 5. The van der Waals surface area contributed by atoms with Crippen molar-refractivity contribution in [3.05, 3.63) is 121 Å². The third-order valence-corrected chi connectivity index (χ3v) is 6.04. The van der Waals surface area contributed by atoms with E-state index in [0.29, 0.717) is 0 Å². The molecule has 1 aliphatic rings. The molecule has 0 unspecified atom stereocenters. The van der Waals surface area contributed by atoms with Crippen LogP contribution in [-0.4, -0.2) is 9.97 Å². The van der Waals surface area contributed by atoms with Crippen molar-refractivity contribution < 1.29 is 65.9 Å². The summed E-state index contributed by atoms with van der Waals surface area (Å²) in [5.74, 6) is -32.2. The zero-order chi connectivity index (χ0) is 34.7. The Bertz CT molecular complexity index is 1960. The molecule has 1 aromatic carbocycles. The van der Waals surface area contributed by atoms with Gasteiger partial charge in [0.25, 0.3) is 23.8 Å². The van der Waals surface area contributed by atoms with Crippen molar-refractivity contribution in [2.75, 3.05) is 0 Å². The molecule has 1 saturated carbocycles. The first-order valence-electron chi connectivity index (χ1n) is 11.1. The summed E-state index contributed by atoms with van der Waals surface area (Å²) in [5.41, 5.74) is -19.8. The fourth-order valence-electron chi connectivity index (χ4n) is 4.14. The Hall–Kier alpha value is -5.84. The Morgan fingerprint density at radius 3 is 1.15 bits per heavy atom. The van der Waals surface area contributed by atoms with Crippen molar-refractivity contribution in [2.24, 2.45) is 0 Å². The number of benzene rings is 1. The molecule has 1 fully saturated rings. The Balaban J connectivity index is 2.34. The lowest BCUT2D eigenvalue weighted by atomic mass is 9.99. The predicted molar refractivity (Wildman–Crippen MR) is 118 cm³/mol. The van der Waals surface area contributed by atoms with E-state index < -0.39 is 132 Å². The molecule has 0 spiro atoms. The van der Waals surface area contributed by atoms with Gasteiger partial charge in [0, 0.05) is 0 Å². The fraction of sp³-hybridized carbons (Fsp3) is 0.0385. The first-order chi connectivity index (χ1) is 21.4. The highest BCUT2D eigenvalue weighted by Crippen LogP contribution is 2.57. The van der Waals surface area contributed by atoms with E-state index in [4.69, 9.17) is 6.57 Å². The zero-order valence-electron chi connectivity index (χ0n) is 20.9. The molecule has 0 amide bonds. The molecule has 0 N–H and O–H groups in total.